The molecule has 142 valence electrons. The van der Waals surface area contributed by atoms with Gasteiger partial charge in [0, 0.05) is 35.9 Å². The number of aryl methyl sites for hydroxylation is 1. The Morgan fingerprint density at radius 1 is 1.30 bits per heavy atom. The Morgan fingerprint density at radius 2 is 2.07 bits per heavy atom. The molecule has 7 heteroatoms. The van der Waals surface area contributed by atoms with Gasteiger partial charge >= 0.3 is 0 Å². The van der Waals surface area contributed by atoms with Gasteiger partial charge < -0.3 is 26.7 Å². The quantitative estimate of drug-likeness (QED) is 0.313. The summed E-state index contributed by atoms with van der Waals surface area (Å²) in [5.74, 6) is 0.851. The van der Waals surface area contributed by atoms with E-state index in [2.05, 4.69) is 70.3 Å². The molecule has 0 saturated carbocycles. The van der Waals surface area contributed by atoms with Crippen LogP contribution in [-0.2, 0) is 13.0 Å². The van der Waals surface area contributed by atoms with Crippen LogP contribution in [0, 0.1) is 0 Å². The number of fused-ring (bicyclic) bond motifs is 1. The first-order chi connectivity index (χ1) is 13.1. The van der Waals surface area contributed by atoms with Crippen LogP contribution in [0.3, 0.4) is 0 Å². The van der Waals surface area contributed by atoms with Gasteiger partial charge in [0.2, 0.25) is 0 Å². The van der Waals surface area contributed by atoms with Crippen LogP contribution in [-0.4, -0.2) is 24.0 Å². The van der Waals surface area contributed by atoms with Crippen LogP contribution in [0.4, 0.5) is 5.69 Å². The van der Waals surface area contributed by atoms with Crippen molar-refractivity contribution >= 4 is 17.8 Å². The lowest BCUT2D eigenvalue weighted by molar-refractivity contribution is 0.655. The summed E-state index contributed by atoms with van der Waals surface area (Å²) in [4.78, 5) is 13.9. The predicted octanol–water partition coefficient (Wildman–Crippen LogP) is 0.679. The number of nitrogens with zero attached hydrogens (tertiary/aromatic N) is 3. The van der Waals surface area contributed by atoms with Crippen LogP contribution in [0.1, 0.15) is 24.6 Å². The molecule has 1 aliphatic rings. The standard InChI is InChI=1S/C20H27N7/c1-3-17-11-16-13-27(14(2)25-19(16)26-17)18-7-5-15(6-8-18)12-23-9-4-10-24-20(21)22/h5-8,11,13,23H,2-4,9-10,12H2,1H3,(H,25,26)(H4,21,22,24). The van der Waals surface area contributed by atoms with Gasteiger partial charge in [-0.3, -0.25) is 4.99 Å². The van der Waals surface area contributed by atoms with E-state index in [1.807, 2.05) is 4.90 Å². The van der Waals surface area contributed by atoms with Crippen LogP contribution in [0.5, 0.6) is 0 Å². The fraction of sp³-hybridized carbons (Fsp3) is 0.300. The Kier molecular flexibility index (Phi) is 5.93. The van der Waals surface area contributed by atoms with Gasteiger partial charge in [-0.25, -0.2) is 4.99 Å². The lowest BCUT2D eigenvalue weighted by atomic mass is 10.2. The minimum atomic E-state index is 0.145. The van der Waals surface area contributed by atoms with Crippen molar-refractivity contribution < 1.29 is 0 Å². The average Bonchev–Trinajstić information content (AvgIpc) is 3.06. The highest BCUT2D eigenvalue weighted by atomic mass is 15.2. The van der Waals surface area contributed by atoms with Crippen molar-refractivity contribution in [1.82, 2.24) is 10.3 Å². The lowest BCUT2D eigenvalue weighted by Crippen LogP contribution is -2.33. The topological polar surface area (TPSA) is 108 Å². The van der Waals surface area contributed by atoms with Crippen LogP contribution >= 0.6 is 0 Å². The van der Waals surface area contributed by atoms with E-state index in [9.17, 15) is 0 Å². The highest BCUT2D eigenvalue weighted by molar-refractivity contribution is 5.75. The molecule has 0 saturated heterocycles. The fourth-order valence-corrected chi connectivity index (χ4v) is 2.94. The van der Waals surface area contributed by atoms with Gasteiger partial charge in [0.15, 0.2) is 5.96 Å². The van der Waals surface area contributed by atoms with Crippen molar-refractivity contribution in [2.75, 3.05) is 18.0 Å². The summed E-state index contributed by atoms with van der Waals surface area (Å²) in [7, 11) is 0. The lowest BCUT2D eigenvalue weighted by Gasteiger charge is -2.21. The molecular formula is C20H27N7. The van der Waals surface area contributed by atoms with Gasteiger partial charge in [0.05, 0.1) is 0 Å². The van der Waals surface area contributed by atoms with Crippen LogP contribution < -0.4 is 32.4 Å². The van der Waals surface area contributed by atoms with E-state index < -0.39 is 0 Å². The van der Waals surface area contributed by atoms with Crippen molar-refractivity contribution in [2.45, 2.75) is 26.3 Å². The predicted molar refractivity (Wildman–Crippen MR) is 110 cm³/mol. The number of nitrogens with one attached hydrogen (secondary N) is 2. The number of H-pyrrole nitrogens is 1. The van der Waals surface area contributed by atoms with Gasteiger partial charge in [-0.05, 0) is 43.1 Å². The summed E-state index contributed by atoms with van der Waals surface area (Å²) < 4.78 is 0. The van der Waals surface area contributed by atoms with Gasteiger partial charge in [0.1, 0.15) is 11.3 Å². The van der Waals surface area contributed by atoms with Gasteiger partial charge in [-0.1, -0.05) is 25.6 Å². The zero-order valence-corrected chi connectivity index (χ0v) is 15.7. The van der Waals surface area contributed by atoms with Crippen LogP contribution in [0.25, 0.3) is 6.20 Å². The molecule has 1 aromatic carbocycles. The summed E-state index contributed by atoms with van der Waals surface area (Å²) in [6.07, 6.45) is 3.94. The zero-order chi connectivity index (χ0) is 19.2. The maximum atomic E-state index is 5.30. The third kappa shape index (κ3) is 4.77. The molecule has 0 unspecified atom stereocenters. The Morgan fingerprint density at radius 3 is 2.78 bits per heavy atom. The Labute approximate surface area is 159 Å². The molecule has 0 atom stereocenters. The monoisotopic (exact) mass is 365 g/mol. The molecule has 0 amide bonds. The van der Waals surface area contributed by atoms with E-state index in [0.29, 0.717) is 12.4 Å². The maximum Gasteiger partial charge on any atom is 0.185 e. The molecule has 2 heterocycles. The number of hydrogen-bond acceptors (Lipinski definition) is 4. The molecule has 0 radical (unpaired) electrons. The molecule has 0 aliphatic carbocycles. The molecule has 0 spiro atoms. The molecule has 6 N–H and O–H groups in total. The Bertz CT molecular complexity index is 934. The highest BCUT2D eigenvalue weighted by Crippen LogP contribution is 2.21. The minimum absolute atomic E-state index is 0.145. The first kappa shape index (κ1) is 18.7. The number of benzene rings is 1. The average molecular weight is 365 g/mol. The molecule has 27 heavy (non-hydrogen) atoms. The van der Waals surface area contributed by atoms with Crippen molar-refractivity contribution in [3.63, 3.8) is 0 Å². The molecule has 7 nitrogen and oxygen atoms in total. The van der Waals surface area contributed by atoms with E-state index in [0.717, 1.165) is 42.3 Å². The van der Waals surface area contributed by atoms with Crippen molar-refractivity contribution in [3.8, 4) is 0 Å². The van der Waals surface area contributed by atoms with E-state index in [-0.39, 0.29) is 5.96 Å². The van der Waals surface area contributed by atoms with Crippen molar-refractivity contribution in [2.24, 2.45) is 21.5 Å². The number of hydrogen-bond donors (Lipinski definition) is 4. The summed E-state index contributed by atoms with van der Waals surface area (Å²) in [5, 5.41) is 4.48. The Hall–Kier alpha value is -3.06. The highest BCUT2D eigenvalue weighted by Gasteiger charge is 2.12. The van der Waals surface area contributed by atoms with E-state index in [1.54, 1.807) is 0 Å². The van der Waals surface area contributed by atoms with Gasteiger partial charge in [-0.2, -0.15) is 0 Å². The second-order valence-electron chi connectivity index (χ2n) is 6.48. The van der Waals surface area contributed by atoms with Gasteiger partial charge in [-0.15, -0.1) is 0 Å². The molecule has 0 bridgehead atoms. The van der Waals surface area contributed by atoms with Crippen molar-refractivity contribution in [1.29, 1.82) is 0 Å². The summed E-state index contributed by atoms with van der Waals surface area (Å²) >= 11 is 0. The number of anilines is 1. The number of aromatic nitrogens is 1. The van der Waals surface area contributed by atoms with Crippen molar-refractivity contribution in [3.05, 3.63) is 64.7 Å². The van der Waals surface area contributed by atoms with E-state index >= 15 is 0 Å². The molecule has 1 aliphatic heterocycles. The summed E-state index contributed by atoms with van der Waals surface area (Å²) in [5.41, 5.74) is 14.9. The minimum Gasteiger partial charge on any atom is -0.370 e. The molecule has 2 aromatic rings. The normalized spacial score (nSPS) is 12.9. The first-order valence-electron chi connectivity index (χ1n) is 9.18. The molecular weight excluding hydrogens is 338 g/mol. The SMILES string of the molecule is C=C1N=c2[nH]c(CC)cc2=CN1c1ccc(CNCCCN=C(N)N)cc1. The largest absolute Gasteiger partial charge is 0.370 e. The number of aliphatic imine (C=N–C) groups is 1. The fourth-order valence-electron chi connectivity index (χ4n) is 2.94. The smallest absolute Gasteiger partial charge is 0.185 e. The van der Waals surface area contributed by atoms with Gasteiger partial charge in [0.25, 0.3) is 0 Å². The second kappa shape index (κ2) is 8.55. The second-order valence-corrected chi connectivity index (χ2v) is 6.48. The number of nitrogens with two attached hydrogens (primary N) is 2. The van der Waals surface area contributed by atoms with Crippen LogP contribution in [0.15, 0.2) is 52.7 Å². The molecule has 3 rings (SSSR count). The number of aromatic amines is 1. The summed E-state index contributed by atoms with van der Waals surface area (Å²) in [6.45, 7) is 8.52. The molecule has 1 aromatic heterocycles. The Balaban J connectivity index is 1.60. The summed E-state index contributed by atoms with van der Waals surface area (Å²) in [6, 6.07) is 10.5. The third-order valence-electron chi connectivity index (χ3n) is 4.40. The zero-order valence-electron chi connectivity index (χ0n) is 15.7. The maximum absolute atomic E-state index is 5.30. The molecule has 0 fully saturated rings. The van der Waals surface area contributed by atoms with E-state index in [1.165, 1.54) is 11.3 Å². The number of guanidine groups is 1. The van der Waals surface area contributed by atoms with Crippen LogP contribution in [0.2, 0.25) is 0 Å². The third-order valence-corrected chi connectivity index (χ3v) is 4.40. The first-order valence-corrected chi connectivity index (χ1v) is 9.18. The number of rotatable bonds is 8. The van der Waals surface area contributed by atoms with E-state index in [4.69, 9.17) is 11.5 Å².